The molecule has 0 aliphatic carbocycles. The molecule has 2 aromatic carbocycles. The van der Waals surface area contributed by atoms with Crippen molar-refractivity contribution in [1.82, 2.24) is 0 Å². The second-order valence-corrected chi connectivity index (χ2v) is 4.72. The van der Waals surface area contributed by atoms with Crippen LogP contribution in [0, 0.1) is 0 Å². The summed E-state index contributed by atoms with van der Waals surface area (Å²) >= 11 is 11.9. The molecular weight excluding hydrogens is 269 g/mol. The molecule has 0 heterocycles. The van der Waals surface area contributed by atoms with Gasteiger partial charge in [-0.3, -0.25) is 4.79 Å². The summed E-state index contributed by atoms with van der Waals surface area (Å²) in [6, 6.07) is 14.8. The number of hydrogen-bond donors (Lipinski definition) is 0. The van der Waals surface area contributed by atoms with E-state index in [1.807, 2.05) is 30.3 Å². The largest absolute Gasteiger partial charge is 0.310 e. The Balaban J connectivity index is 2.25. The Morgan fingerprint density at radius 2 is 1.61 bits per heavy atom. The van der Waals surface area contributed by atoms with E-state index in [0.29, 0.717) is 22.3 Å². The average molecular weight is 280 g/mol. The van der Waals surface area contributed by atoms with E-state index in [4.69, 9.17) is 23.2 Å². The summed E-state index contributed by atoms with van der Waals surface area (Å²) in [4.78, 5) is 12.7. The molecule has 2 nitrogen and oxygen atoms in total. The Morgan fingerprint density at radius 1 is 1.00 bits per heavy atom. The summed E-state index contributed by atoms with van der Waals surface area (Å²) in [7, 11) is 0. The summed E-state index contributed by atoms with van der Waals surface area (Å²) in [5.74, 6) is 0. The molecule has 0 unspecified atom stereocenters. The van der Waals surface area contributed by atoms with Crippen molar-refractivity contribution in [3.05, 3.63) is 64.1 Å². The van der Waals surface area contributed by atoms with E-state index in [2.05, 4.69) is 0 Å². The maximum atomic E-state index is 11.2. The average Bonchev–Trinajstić information content (AvgIpc) is 2.36. The Kier molecular flexibility index (Phi) is 4.24. The number of benzene rings is 2. The fourth-order valence-corrected chi connectivity index (χ4v) is 2.19. The maximum Gasteiger partial charge on any atom is 0.214 e. The van der Waals surface area contributed by atoms with Gasteiger partial charge in [-0.15, -0.1) is 0 Å². The highest BCUT2D eigenvalue weighted by molar-refractivity contribution is 6.35. The van der Waals surface area contributed by atoms with Gasteiger partial charge in [0.05, 0.1) is 6.54 Å². The Morgan fingerprint density at radius 3 is 2.17 bits per heavy atom. The highest BCUT2D eigenvalue weighted by Gasteiger charge is 2.08. The van der Waals surface area contributed by atoms with Crippen LogP contribution in [0.25, 0.3) is 0 Å². The van der Waals surface area contributed by atoms with E-state index < -0.39 is 0 Å². The van der Waals surface area contributed by atoms with Crippen LogP contribution in [-0.4, -0.2) is 6.41 Å². The zero-order valence-electron chi connectivity index (χ0n) is 9.51. The van der Waals surface area contributed by atoms with Crippen LogP contribution >= 0.6 is 23.2 Å². The van der Waals surface area contributed by atoms with Crippen molar-refractivity contribution in [2.45, 2.75) is 6.54 Å². The van der Waals surface area contributed by atoms with Crippen LogP contribution in [0.4, 0.5) is 5.69 Å². The fourth-order valence-electron chi connectivity index (χ4n) is 1.67. The molecule has 1 amide bonds. The van der Waals surface area contributed by atoms with Crippen LogP contribution in [0.2, 0.25) is 10.0 Å². The first-order valence-corrected chi connectivity index (χ1v) is 6.16. The summed E-state index contributed by atoms with van der Waals surface area (Å²) in [6.07, 6.45) is 0.773. The summed E-state index contributed by atoms with van der Waals surface area (Å²) < 4.78 is 0. The molecule has 0 saturated heterocycles. The van der Waals surface area contributed by atoms with Gasteiger partial charge >= 0.3 is 0 Å². The molecule has 18 heavy (non-hydrogen) atoms. The zero-order chi connectivity index (χ0) is 13.0. The first kappa shape index (κ1) is 12.9. The quantitative estimate of drug-likeness (QED) is 0.770. The monoisotopic (exact) mass is 279 g/mol. The Labute approximate surface area is 116 Å². The van der Waals surface area contributed by atoms with Crippen LogP contribution in [-0.2, 0) is 11.3 Å². The van der Waals surface area contributed by atoms with Crippen molar-refractivity contribution in [1.29, 1.82) is 0 Å². The van der Waals surface area contributed by atoms with Crippen LogP contribution in [0.15, 0.2) is 48.5 Å². The van der Waals surface area contributed by atoms with Crippen LogP contribution < -0.4 is 4.90 Å². The van der Waals surface area contributed by atoms with E-state index in [1.165, 1.54) is 0 Å². The molecule has 0 saturated carbocycles. The summed E-state index contributed by atoms with van der Waals surface area (Å²) in [5, 5.41) is 1.02. The number of carbonyl (C=O) groups excluding carboxylic acids is 1. The zero-order valence-corrected chi connectivity index (χ0v) is 11.0. The van der Waals surface area contributed by atoms with Gasteiger partial charge in [-0.2, -0.15) is 0 Å². The number of amides is 1. The van der Waals surface area contributed by atoms with E-state index in [9.17, 15) is 4.79 Å². The summed E-state index contributed by atoms with van der Waals surface area (Å²) in [6.45, 7) is 0.487. The first-order valence-electron chi connectivity index (χ1n) is 5.41. The molecule has 0 aliphatic heterocycles. The van der Waals surface area contributed by atoms with E-state index in [1.54, 1.807) is 23.1 Å². The topological polar surface area (TPSA) is 20.3 Å². The van der Waals surface area contributed by atoms with Gasteiger partial charge < -0.3 is 4.90 Å². The van der Waals surface area contributed by atoms with Gasteiger partial charge in [0, 0.05) is 15.7 Å². The van der Waals surface area contributed by atoms with Gasteiger partial charge in [-0.25, -0.2) is 0 Å². The maximum absolute atomic E-state index is 11.2. The van der Waals surface area contributed by atoms with E-state index >= 15 is 0 Å². The number of halogens is 2. The normalized spacial score (nSPS) is 10.1. The van der Waals surface area contributed by atoms with E-state index in [0.717, 1.165) is 12.0 Å². The molecule has 92 valence electrons. The predicted molar refractivity (Wildman–Crippen MR) is 75.2 cm³/mol. The van der Waals surface area contributed by atoms with Gasteiger partial charge in [0.2, 0.25) is 6.41 Å². The molecule has 0 bridgehead atoms. The lowest BCUT2D eigenvalue weighted by Gasteiger charge is -2.18. The minimum absolute atomic E-state index is 0.487. The highest BCUT2D eigenvalue weighted by atomic mass is 35.5. The standard InChI is InChI=1S/C14H11Cl2NO/c15-12-6-13(16)8-14(7-12)17(10-18)9-11-4-2-1-3-5-11/h1-8,10H,9H2. The van der Waals surface area contributed by atoms with Gasteiger partial charge in [0.25, 0.3) is 0 Å². The fraction of sp³-hybridized carbons (Fsp3) is 0.0714. The molecule has 0 aromatic heterocycles. The third-order valence-electron chi connectivity index (χ3n) is 2.50. The predicted octanol–water partition coefficient (Wildman–Crippen LogP) is 4.16. The Hall–Kier alpha value is -1.51. The minimum Gasteiger partial charge on any atom is -0.310 e. The summed E-state index contributed by atoms with van der Waals surface area (Å²) in [5.41, 5.74) is 1.73. The lowest BCUT2D eigenvalue weighted by Crippen LogP contribution is -2.20. The highest BCUT2D eigenvalue weighted by Crippen LogP contribution is 2.25. The minimum atomic E-state index is 0.487. The smallest absolute Gasteiger partial charge is 0.214 e. The molecule has 0 aliphatic rings. The second kappa shape index (κ2) is 5.89. The lowest BCUT2D eigenvalue weighted by molar-refractivity contribution is -0.107. The SMILES string of the molecule is O=CN(Cc1ccccc1)c1cc(Cl)cc(Cl)c1. The molecule has 0 atom stereocenters. The second-order valence-electron chi connectivity index (χ2n) is 3.85. The van der Waals surface area contributed by atoms with Gasteiger partial charge in [-0.1, -0.05) is 53.5 Å². The third kappa shape index (κ3) is 3.25. The number of carbonyl (C=O) groups is 1. The number of hydrogen-bond acceptors (Lipinski definition) is 1. The molecule has 0 fully saturated rings. The Bertz CT molecular complexity index is 522. The van der Waals surface area contributed by atoms with Gasteiger partial charge in [-0.05, 0) is 23.8 Å². The molecule has 2 aromatic rings. The van der Waals surface area contributed by atoms with Crippen molar-refractivity contribution in [3.8, 4) is 0 Å². The molecule has 0 radical (unpaired) electrons. The van der Waals surface area contributed by atoms with Crippen molar-refractivity contribution in [2.24, 2.45) is 0 Å². The molecular formula is C14H11Cl2NO. The first-order chi connectivity index (χ1) is 8.69. The number of anilines is 1. The van der Waals surface area contributed by atoms with Crippen molar-refractivity contribution >= 4 is 35.3 Å². The number of nitrogens with zero attached hydrogens (tertiary/aromatic N) is 1. The third-order valence-corrected chi connectivity index (χ3v) is 2.94. The van der Waals surface area contributed by atoms with Crippen LogP contribution in [0.1, 0.15) is 5.56 Å². The van der Waals surface area contributed by atoms with Crippen molar-refractivity contribution < 1.29 is 4.79 Å². The van der Waals surface area contributed by atoms with E-state index in [-0.39, 0.29) is 0 Å². The molecule has 2 rings (SSSR count). The number of rotatable bonds is 4. The van der Waals surface area contributed by atoms with Crippen LogP contribution in [0.3, 0.4) is 0 Å². The van der Waals surface area contributed by atoms with Gasteiger partial charge in [0.15, 0.2) is 0 Å². The molecule has 0 N–H and O–H groups in total. The molecule has 0 spiro atoms. The van der Waals surface area contributed by atoms with Gasteiger partial charge in [0.1, 0.15) is 0 Å². The van der Waals surface area contributed by atoms with Crippen LogP contribution in [0.5, 0.6) is 0 Å². The molecule has 4 heteroatoms. The lowest BCUT2D eigenvalue weighted by atomic mass is 10.2. The van der Waals surface area contributed by atoms with Crippen molar-refractivity contribution in [2.75, 3.05) is 4.90 Å². The van der Waals surface area contributed by atoms with Crippen molar-refractivity contribution in [3.63, 3.8) is 0 Å².